The van der Waals surface area contributed by atoms with Gasteiger partial charge >= 0.3 is 6.03 Å². The lowest BCUT2D eigenvalue weighted by Gasteiger charge is -2.10. The number of methoxy groups -OCH3 is 1. The topological polar surface area (TPSA) is 76.7 Å². The molecule has 128 valence electrons. The summed E-state index contributed by atoms with van der Waals surface area (Å²) < 4.78 is 10.4. The van der Waals surface area contributed by atoms with E-state index in [2.05, 4.69) is 10.6 Å². The number of amides is 3. The number of ether oxygens (including phenoxy) is 2. The SMILES string of the molecule is COCCCNC(=O)NC(=O)COc1ccc(Cl)c2ccccc12. The van der Waals surface area contributed by atoms with Crippen LogP contribution in [0.25, 0.3) is 10.8 Å². The third-order valence-electron chi connectivity index (χ3n) is 3.25. The van der Waals surface area contributed by atoms with E-state index in [1.165, 1.54) is 0 Å². The summed E-state index contributed by atoms with van der Waals surface area (Å²) in [5, 5.41) is 7.02. The minimum Gasteiger partial charge on any atom is -0.483 e. The van der Waals surface area contributed by atoms with E-state index >= 15 is 0 Å². The van der Waals surface area contributed by atoms with E-state index in [0.717, 1.165) is 10.8 Å². The van der Waals surface area contributed by atoms with E-state index < -0.39 is 11.9 Å². The maximum atomic E-state index is 11.8. The van der Waals surface area contributed by atoms with Crippen molar-refractivity contribution in [1.29, 1.82) is 0 Å². The zero-order valence-corrected chi connectivity index (χ0v) is 14.1. The summed E-state index contributed by atoms with van der Waals surface area (Å²) in [6.45, 7) is 0.702. The number of hydrogen-bond acceptors (Lipinski definition) is 4. The van der Waals surface area contributed by atoms with Crippen molar-refractivity contribution in [2.24, 2.45) is 0 Å². The van der Waals surface area contributed by atoms with Crippen LogP contribution in [-0.2, 0) is 9.53 Å². The Morgan fingerprint density at radius 3 is 2.62 bits per heavy atom. The summed E-state index contributed by atoms with van der Waals surface area (Å²) in [4.78, 5) is 23.3. The molecule has 0 aliphatic heterocycles. The van der Waals surface area contributed by atoms with Crippen molar-refractivity contribution in [2.45, 2.75) is 6.42 Å². The Labute approximate surface area is 145 Å². The predicted octanol–water partition coefficient (Wildman–Crippen LogP) is 2.73. The minimum atomic E-state index is -0.555. The lowest BCUT2D eigenvalue weighted by atomic mass is 10.1. The molecule has 2 aromatic carbocycles. The summed E-state index contributed by atoms with van der Waals surface area (Å²) in [5.74, 6) is 0.00363. The van der Waals surface area contributed by atoms with Gasteiger partial charge in [0, 0.05) is 36.1 Å². The number of benzene rings is 2. The Kier molecular flexibility index (Phi) is 6.84. The fourth-order valence-electron chi connectivity index (χ4n) is 2.13. The van der Waals surface area contributed by atoms with E-state index in [9.17, 15) is 9.59 Å². The number of hydrogen-bond donors (Lipinski definition) is 2. The average molecular weight is 351 g/mol. The van der Waals surface area contributed by atoms with Gasteiger partial charge in [0.1, 0.15) is 5.75 Å². The van der Waals surface area contributed by atoms with Crippen molar-refractivity contribution < 1.29 is 19.1 Å². The van der Waals surface area contributed by atoms with Crippen LogP contribution < -0.4 is 15.4 Å². The van der Waals surface area contributed by atoms with Gasteiger partial charge < -0.3 is 14.8 Å². The number of halogens is 1. The van der Waals surface area contributed by atoms with Gasteiger partial charge in [-0.2, -0.15) is 0 Å². The largest absolute Gasteiger partial charge is 0.483 e. The van der Waals surface area contributed by atoms with Crippen LogP contribution in [-0.4, -0.2) is 38.8 Å². The number of nitrogens with one attached hydrogen (secondary N) is 2. The Morgan fingerprint density at radius 2 is 1.88 bits per heavy atom. The van der Waals surface area contributed by atoms with Crippen molar-refractivity contribution in [3.63, 3.8) is 0 Å². The first-order valence-corrected chi connectivity index (χ1v) is 7.86. The van der Waals surface area contributed by atoms with Gasteiger partial charge in [-0.25, -0.2) is 4.79 Å². The van der Waals surface area contributed by atoms with Crippen LogP contribution in [0, 0.1) is 0 Å². The van der Waals surface area contributed by atoms with Crippen LogP contribution in [0.5, 0.6) is 5.75 Å². The summed E-state index contributed by atoms with van der Waals surface area (Å²) in [5.41, 5.74) is 0. The molecule has 2 rings (SSSR count). The van der Waals surface area contributed by atoms with Crippen molar-refractivity contribution in [1.82, 2.24) is 10.6 Å². The van der Waals surface area contributed by atoms with E-state index in [1.54, 1.807) is 19.2 Å². The maximum absolute atomic E-state index is 11.8. The van der Waals surface area contributed by atoms with Crippen LogP contribution in [0.3, 0.4) is 0 Å². The molecule has 7 heteroatoms. The molecular weight excluding hydrogens is 332 g/mol. The lowest BCUT2D eigenvalue weighted by Crippen LogP contribution is -2.42. The van der Waals surface area contributed by atoms with Gasteiger partial charge in [-0.05, 0) is 18.6 Å². The lowest BCUT2D eigenvalue weighted by molar-refractivity contribution is -0.121. The zero-order chi connectivity index (χ0) is 17.4. The monoisotopic (exact) mass is 350 g/mol. The van der Waals surface area contributed by atoms with Crippen molar-refractivity contribution in [3.05, 3.63) is 41.4 Å². The second-order valence-corrected chi connectivity index (χ2v) is 5.44. The molecule has 0 spiro atoms. The third kappa shape index (κ3) is 5.11. The molecule has 0 radical (unpaired) electrons. The maximum Gasteiger partial charge on any atom is 0.321 e. The Balaban J connectivity index is 1.86. The summed E-state index contributed by atoms with van der Waals surface area (Å²) in [7, 11) is 1.58. The van der Waals surface area contributed by atoms with Gasteiger partial charge in [0.15, 0.2) is 6.61 Å². The smallest absolute Gasteiger partial charge is 0.321 e. The minimum absolute atomic E-state index is 0.267. The van der Waals surface area contributed by atoms with Crippen molar-refractivity contribution in [3.8, 4) is 5.75 Å². The van der Waals surface area contributed by atoms with Crippen molar-refractivity contribution in [2.75, 3.05) is 26.9 Å². The number of fused-ring (bicyclic) bond motifs is 1. The van der Waals surface area contributed by atoms with Crippen molar-refractivity contribution >= 4 is 34.3 Å². The molecule has 6 nitrogen and oxygen atoms in total. The van der Waals surface area contributed by atoms with Crippen LogP contribution in [0.15, 0.2) is 36.4 Å². The highest BCUT2D eigenvalue weighted by molar-refractivity contribution is 6.35. The number of carbonyl (C=O) groups excluding carboxylic acids is 2. The normalized spacial score (nSPS) is 10.4. The van der Waals surface area contributed by atoms with Gasteiger partial charge in [0.2, 0.25) is 0 Å². The summed E-state index contributed by atoms with van der Waals surface area (Å²) in [6, 6.07) is 10.3. The first kappa shape index (κ1) is 18.0. The first-order valence-electron chi connectivity index (χ1n) is 7.48. The van der Waals surface area contributed by atoms with E-state index in [0.29, 0.717) is 30.3 Å². The molecule has 0 saturated heterocycles. The Bertz CT molecular complexity index is 721. The van der Waals surface area contributed by atoms with Gasteiger partial charge in [0.05, 0.1) is 0 Å². The third-order valence-corrected chi connectivity index (χ3v) is 3.58. The number of carbonyl (C=O) groups is 2. The van der Waals surface area contributed by atoms with Crippen LogP contribution in [0.2, 0.25) is 5.02 Å². The molecule has 0 atom stereocenters. The molecule has 0 heterocycles. The van der Waals surface area contributed by atoms with Gasteiger partial charge in [-0.15, -0.1) is 0 Å². The highest BCUT2D eigenvalue weighted by Crippen LogP contribution is 2.31. The molecule has 0 unspecified atom stereocenters. The van der Waals surface area contributed by atoms with Crippen LogP contribution in [0.4, 0.5) is 4.79 Å². The second-order valence-electron chi connectivity index (χ2n) is 5.03. The van der Waals surface area contributed by atoms with Gasteiger partial charge in [-0.1, -0.05) is 35.9 Å². The highest BCUT2D eigenvalue weighted by atomic mass is 35.5. The molecule has 24 heavy (non-hydrogen) atoms. The molecule has 0 fully saturated rings. The fourth-order valence-corrected chi connectivity index (χ4v) is 2.36. The van der Waals surface area contributed by atoms with Crippen LogP contribution in [0.1, 0.15) is 6.42 Å². The number of urea groups is 1. The summed E-state index contributed by atoms with van der Waals surface area (Å²) in [6.07, 6.45) is 0.672. The molecule has 0 aromatic heterocycles. The molecule has 3 amide bonds. The van der Waals surface area contributed by atoms with Gasteiger partial charge in [-0.3, -0.25) is 10.1 Å². The quantitative estimate of drug-likeness (QED) is 0.753. The fraction of sp³-hybridized carbons (Fsp3) is 0.294. The molecule has 0 saturated carbocycles. The summed E-state index contributed by atoms with van der Waals surface area (Å²) >= 11 is 6.13. The molecule has 0 bridgehead atoms. The van der Waals surface area contributed by atoms with E-state index in [-0.39, 0.29) is 6.61 Å². The Morgan fingerprint density at radius 1 is 1.12 bits per heavy atom. The van der Waals surface area contributed by atoms with Gasteiger partial charge in [0.25, 0.3) is 5.91 Å². The number of rotatable bonds is 7. The molecular formula is C17H19ClN2O4. The molecule has 0 aliphatic rings. The predicted molar refractivity (Wildman–Crippen MR) is 92.5 cm³/mol. The highest BCUT2D eigenvalue weighted by Gasteiger charge is 2.10. The molecule has 0 aliphatic carbocycles. The number of imide groups is 1. The van der Waals surface area contributed by atoms with Crippen LogP contribution >= 0.6 is 11.6 Å². The molecule has 2 N–H and O–H groups in total. The first-order chi connectivity index (χ1) is 11.6. The second kappa shape index (κ2) is 9.10. The van der Waals surface area contributed by atoms with E-state index in [4.69, 9.17) is 21.1 Å². The average Bonchev–Trinajstić information content (AvgIpc) is 2.58. The van der Waals surface area contributed by atoms with E-state index in [1.807, 2.05) is 24.3 Å². The standard InChI is InChI=1S/C17H19ClN2O4/c1-23-10-4-9-19-17(22)20-16(21)11-24-15-8-7-14(18)12-5-2-3-6-13(12)15/h2-3,5-8H,4,9-11H2,1H3,(H2,19,20,21,22). The zero-order valence-electron chi connectivity index (χ0n) is 13.3. The Hall–Kier alpha value is -2.31. The molecule has 2 aromatic rings.